The van der Waals surface area contributed by atoms with E-state index >= 15 is 0 Å². The van der Waals surface area contributed by atoms with Gasteiger partial charge in [0.2, 0.25) is 0 Å². The highest BCUT2D eigenvalue weighted by Gasteiger charge is 2.14. The predicted octanol–water partition coefficient (Wildman–Crippen LogP) is 3.40. The number of para-hydroxylation sites is 1. The Bertz CT molecular complexity index is 842. The van der Waals surface area contributed by atoms with E-state index in [0.29, 0.717) is 16.9 Å². The molecule has 2 aromatic carbocycles. The lowest BCUT2D eigenvalue weighted by molar-refractivity contribution is 0.102. The first-order valence-corrected chi connectivity index (χ1v) is 6.26. The fraction of sp³-hybridized carbons (Fsp3) is 0.0667. The van der Waals surface area contributed by atoms with Crippen molar-refractivity contribution in [2.24, 2.45) is 0 Å². The number of aryl methyl sites for hydroxylation is 1. The number of imidazole rings is 1. The monoisotopic (exact) mass is 287 g/mol. The molecule has 3 rings (SSSR count). The van der Waals surface area contributed by atoms with Crippen molar-refractivity contribution < 1.29 is 13.6 Å². The molecule has 21 heavy (non-hydrogen) atoms. The summed E-state index contributed by atoms with van der Waals surface area (Å²) in [5.74, 6) is -1.35. The van der Waals surface area contributed by atoms with E-state index in [1.165, 1.54) is 6.07 Å². The number of H-pyrrole nitrogens is 1. The quantitative estimate of drug-likeness (QED) is 0.759. The zero-order valence-corrected chi connectivity index (χ0v) is 11.1. The van der Waals surface area contributed by atoms with Crippen molar-refractivity contribution in [3.63, 3.8) is 0 Å². The largest absolute Gasteiger partial charge is 0.342 e. The van der Waals surface area contributed by atoms with Crippen molar-refractivity contribution >= 4 is 22.6 Å². The van der Waals surface area contributed by atoms with Gasteiger partial charge in [0.1, 0.15) is 23.0 Å². The highest BCUT2D eigenvalue weighted by molar-refractivity contribution is 6.11. The number of fused-ring (bicyclic) bond motifs is 1. The second kappa shape index (κ2) is 4.97. The number of nitrogens with one attached hydrogen (secondary N) is 2. The van der Waals surface area contributed by atoms with Crippen molar-refractivity contribution in [2.75, 3.05) is 5.32 Å². The van der Waals surface area contributed by atoms with Gasteiger partial charge in [-0.2, -0.15) is 0 Å². The molecule has 4 nitrogen and oxygen atoms in total. The Kier molecular flexibility index (Phi) is 3.13. The van der Waals surface area contributed by atoms with Gasteiger partial charge in [-0.05, 0) is 31.2 Å². The molecular formula is C15H11F2N3O. The molecule has 0 fully saturated rings. The third-order valence-electron chi connectivity index (χ3n) is 3.06. The molecule has 6 heteroatoms. The molecule has 1 aromatic heterocycles. The average Bonchev–Trinajstić information content (AvgIpc) is 2.81. The number of halogens is 2. The summed E-state index contributed by atoms with van der Waals surface area (Å²) >= 11 is 0. The van der Waals surface area contributed by atoms with Crippen molar-refractivity contribution in [2.45, 2.75) is 6.92 Å². The van der Waals surface area contributed by atoms with Gasteiger partial charge in [0, 0.05) is 6.07 Å². The van der Waals surface area contributed by atoms with Crippen LogP contribution in [0.25, 0.3) is 11.0 Å². The maximum absolute atomic E-state index is 13.6. The van der Waals surface area contributed by atoms with Crippen LogP contribution in [0, 0.1) is 18.6 Å². The maximum Gasteiger partial charge on any atom is 0.258 e. The lowest BCUT2D eigenvalue weighted by Gasteiger charge is -2.07. The molecule has 0 saturated carbocycles. The van der Waals surface area contributed by atoms with Crippen LogP contribution in [-0.4, -0.2) is 15.9 Å². The number of nitrogens with zero attached hydrogens (tertiary/aromatic N) is 1. The van der Waals surface area contributed by atoms with Gasteiger partial charge in [-0.3, -0.25) is 4.79 Å². The summed E-state index contributed by atoms with van der Waals surface area (Å²) in [6.07, 6.45) is 0. The summed E-state index contributed by atoms with van der Waals surface area (Å²) in [7, 11) is 0. The van der Waals surface area contributed by atoms with E-state index in [-0.39, 0.29) is 5.69 Å². The SMILES string of the molecule is Cc1nc2c(C(=O)Nc3ccc(F)cc3F)cccc2[nH]1. The highest BCUT2D eigenvalue weighted by atomic mass is 19.1. The number of hydrogen-bond donors (Lipinski definition) is 2. The van der Waals surface area contributed by atoms with Crippen LogP contribution in [0.2, 0.25) is 0 Å². The summed E-state index contributed by atoms with van der Waals surface area (Å²) in [5, 5.41) is 2.42. The van der Waals surface area contributed by atoms with E-state index < -0.39 is 17.5 Å². The van der Waals surface area contributed by atoms with Gasteiger partial charge in [-0.15, -0.1) is 0 Å². The van der Waals surface area contributed by atoms with Crippen LogP contribution in [0.15, 0.2) is 36.4 Å². The number of benzene rings is 2. The molecule has 106 valence electrons. The highest BCUT2D eigenvalue weighted by Crippen LogP contribution is 2.20. The van der Waals surface area contributed by atoms with Gasteiger partial charge in [0.25, 0.3) is 5.91 Å². The van der Waals surface area contributed by atoms with Crippen LogP contribution in [0.3, 0.4) is 0 Å². The van der Waals surface area contributed by atoms with Crippen LogP contribution < -0.4 is 5.32 Å². The number of carbonyl (C=O) groups excluding carboxylic acids is 1. The number of rotatable bonds is 2. The standard InChI is InChI=1S/C15H11F2N3O/c1-8-18-13-4-2-3-10(14(13)19-8)15(21)20-12-6-5-9(16)7-11(12)17/h2-7H,1H3,(H,18,19)(H,20,21). The molecule has 0 saturated heterocycles. The smallest absolute Gasteiger partial charge is 0.258 e. The van der Waals surface area contributed by atoms with Crippen molar-refractivity contribution in [3.05, 3.63) is 59.4 Å². The van der Waals surface area contributed by atoms with Gasteiger partial charge in [-0.25, -0.2) is 13.8 Å². The minimum Gasteiger partial charge on any atom is -0.342 e. The lowest BCUT2D eigenvalue weighted by atomic mass is 10.1. The number of aromatic nitrogens is 2. The van der Waals surface area contributed by atoms with Crippen LogP contribution >= 0.6 is 0 Å². The number of aromatic amines is 1. The zero-order valence-electron chi connectivity index (χ0n) is 11.1. The Morgan fingerprint density at radius 3 is 2.81 bits per heavy atom. The fourth-order valence-electron chi connectivity index (χ4n) is 2.12. The normalized spacial score (nSPS) is 10.8. The molecule has 0 radical (unpaired) electrons. The van der Waals surface area contributed by atoms with Crippen LogP contribution in [-0.2, 0) is 0 Å². The number of hydrogen-bond acceptors (Lipinski definition) is 2. The molecule has 1 amide bonds. The molecule has 2 N–H and O–H groups in total. The van der Waals surface area contributed by atoms with Crippen molar-refractivity contribution in [3.8, 4) is 0 Å². The Hall–Kier alpha value is -2.76. The Labute approximate surface area is 118 Å². The molecule has 0 spiro atoms. The first-order valence-electron chi connectivity index (χ1n) is 6.26. The summed E-state index contributed by atoms with van der Waals surface area (Å²) in [5.41, 5.74) is 1.47. The summed E-state index contributed by atoms with van der Waals surface area (Å²) in [6, 6.07) is 8.07. The fourth-order valence-corrected chi connectivity index (χ4v) is 2.12. The molecule has 0 atom stereocenters. The summed E-state index contributed by atoms with van der Waals surface area (Å²) in [6.45, 7) is 1.78. The Morgan fingerprint density at radius 2 is 2.05 bits per heavy atom. The number of carbonyl (C=O) groups is 1. The third kappa shape index (κ3) is 2.47. The second-order valence-electron chi connectivity index (χ2n) is 4.60. The molecule has 0 unspecified atom stereocenters. The van der Waals surface area contributed by atoms with Gasteiger partial charge in [-0.1, -0.05) is 6.07 Å². The van der Waals surface area contributed by atoms with E-state index in [1.54, 1.807) is 25.1 Å². The topological polar surface area (TPSA) is 57.8 Å². The van der Waals surface area contributed by atoms with Crippen LogP contribution in [0.4, 0.5) is 14.5 Å². The van der Waals surface area contributed by atoms with Crippen molar-refractivity contribution in [1.82, 2.24) is 9.97 Å². The van der Waals surface area contributed by atoms with Crippen LogP contribution in [0.5, 0.6) is 0 Å². The first-order chi connectivity index (χ1) is 10.0. The first kappa shape index (κ1) is 13.2. The third-order valence-corrected chi connectivity index (χ3v) is 3.06. The molecule has 0 aliphatic heterocycles. The Morgan fingerprint density at radius 1 is 1.24 bits per heavy atom. The molecule has 1 heterocycles. The van der Waals surface area contributed by atoms with Crippen LogP contribution in [0.1, 0.15) is 16.2 Å². The van der Waals surface area contributed by atoms with Gasteiger partial charge in [0.05, 0.1) is 16.8 Å². The Balaban J connectivity index is 1.97. The van der Waals surface area contributed by atoms with E-state index in [4.69, 9.17) is 0 Å². The van der Waals surface area contributed by atoms with Gasteiger partial charge in [0.15, 0.2) is 0 Å². The van der Waals surface area contributed by atoms with E-state index in [0.717, 1.165) is 17.6 Å². The second-order valence-corrected chi connectivity index (χ2v) is 4.60. The number of anilines is 1. The van der Waals surface area contributed by atoms with E-state index in [1.807, 2.05) is 0 Å². The zero-order chi connectivity index (χ0) is 15.0. The van der Waals surface area contributed by atoms with Gasteiger partial charge < -0.3 is 10.3 Å². The average molecular weight is 287 g/mol. The summed E-state index contributed by atoms with van der Waals surface area (Å²) < 4.78 is 26.4. The molecular weight excluding hydrogens is 276 g/mol. The van der Waals surface area contributed by atoms with E-state index in [9.17, 15) is 13.6 Å². The molecule has 0 bridgehead atoms. The number of amides is 1. The minimum absolute atomic E-state index is 0.0781. The molecule has 3 aromatic rings. The van der Waals surface area contributed by atoms with E-state index in [2.05, 4.69) is 15.3 Å². The maximum atomic E-state index is 13.6. The predicted molar refractivity (Wildman–Crippen MR) is 75.1 cm³/mol. The minimum atomic E-state index is -0.825. The van der Waals surface area contributed by atoms with Gasteiger partial charge >= 0.3 is 0 Å². The van der Waals surface area contributed by atoms with Crippen molar-refractivity contribution in [1.29, 1.82) is 0 Å². The molecule has 0 aliphatic carbocycles. The lowest BCUT2D eigenvalue weighted by Crippen LogP contribution is -2.13. The summed E-state index contributed by atoms with van der Waals surface area (Å²) in [4.78, 5) is 19.5. The molecule has 0 aliphatic rings.